The summed E-state index contributed by atoms with van der Waals surface area (Å²) in [6, 6.07) is 0. The molecule has 1 saturated carbocycles. The largest absolute Gasteiger partial charge is 0.469 e. The molecule has 0 aromatic rings. The first-order valence-corrected chi connectivity index (χ1v) is 14.0. The van der Waals surface area contributed by atoms with Gasteiger partial charge in [-0.15, -0.1) is 0 Å². The van der Waals surface area contributed by atoms with Gasteiger partial charge in [0.05, 0.1) is 18.3 Å². The Labute approximate surface area is 200 Å². The van der Waals surface area contributed by atoms with Crippen LogP contribution in [-0.2, 0) is 13.8 Å². The quantitative estimate of drug-likeness (QED) is 0.266. The summed E-state index contributed by atoms with van der Waals surface area (Å²) in [7, 11) is -4.77. The molecule has 0 aromatic heterocycles. The van der Waals surface area contributed by atoms with Crippen molar-refractivity contribution in [3.8, 4) is 0 Å². The summed E-state index contributed by atoms with van der Waals surface area (Å²) in [6.45, 7) is -0.574. The van der Waals surface area contributed by atoms with E-state index in [9.17, 15) is 19.9 Å². The molecule has 8 unspecified atom stereocenters. The van der Waals surface area contributed by atoms with Gasteiger partial charge in [-0.25, -0.2) is 4.57 Å². The van der Waals surface area contributed by atoms with Crippen molar-refractivity contribution in [2.45, 2.75) is 113 Å². The number of aliphatic hydroxyl groups is 3. The molecule has 8 atom stereocenters. The van der Waals surface area contributed by atoms with E-state index in [1.54, 1.807) is 4.90 Å². The molecule has 4 aliphatic rings. The Morgan fingerprint density at radius 3 is 2.21 bits per heavy atom. The number of phosphoric acid groups is 1. The van der Waals surface area contributed by atoms with E-state index >= 15 is 0 Å². The van der Waals surface area contributed by atoms with E-state index in [1.807, 2.05) is 12.3 Å². The maximum atomic E-state index is 11.4. The highest BCUT2D eigenvalue weighted by Gasteiger charge is 2.69. The van der Waals surface area contributed by atoms with E-state index in [1.165, 1.54) is 25.7 Å². The van der Waals surface area contributed by atoms with Gasteiger partial charge in [0, 0.05) is 5.41 Å². The zero-order valence-electron chi connectivity index (χ0n) is 19.5. The van der Waals surface area contributed by atoms with Crippen molar-refractivity contribution >= 4 is 7.82 Å². The Kier molecular flexibility index (Phi) is 8.11. The molecule has 0 bridgehead atoms. The lowest BCUT2D eigenvalue weighted by atomic mass is 9.65. The van der Waals surface area contributed by atoms with E-state index < -0.39 is 62.3 Å². The molecular formula is C22H40N3O8P. The number of ether oxygens (including phenoxy) is 1. The number of aliphatic hydroxyl groups excluding tert-OH is 3. The maximum Gasteiger partial charge on any atom is 0.469 e. The first-order valence-electron chi connectivity index (χ1n) is 12.5. The molecule has 3 heterocycles. The van der Waals surface area contributed by atoms with Crippen LogP contribution in [0, 0.1) is 5.41 Å². The fourth-order valence-electron chi connectivity index (χ4n) is 6.54. The standard InChI is InChI=1S/C22H40N3O8P/c23-19-21-10-8-6-4-2-1-3-5-7-9-11-22(21,20(28)24-19)25(13-12-21)18-17(27)16(26)15(33-18)14-32-34(29,30)31/h12-13,15-20,24,26-28H,1-11,14,23H2,(H2,29,30,31). The van der Waals surface area contributed by atoms with Gasteiger partial charge in [-0.2, -0.15) is 0 Å². The molecule has 0 aromatic carbocycles. The Balaban J connectivity index is 1.62. The van der Waals surface area contributed by atoms with Gasteiger partial charge in [0.1, 0.15) is 24.5 Å². The predicted octanol–water partition coefficient (Wildman–Crippen LogP) is 0.608. The molecule has 8 N–H and O–H groups in total. The average molecular weight is 506 g/mol. The third kappa shape index (κ3) is 4.72. The normalized spacial score (nSPS) is 44.2. The molecule has 0 spiro atoms. The number of nitrogens with zero attached hydrogens (tertiary/aromatic N) is 1. The lowest BCUT2D eigenvalue weighted by Crippen LogP contribution is -2.64. The highest BCUT2D eigenvalue weighted by molar-refractivity contribution is 7.46. The SMILES string of the molecule is NC1NC(O)C23CCCCCCCCCCCC12C=CN3C1OC(COP(=O)(O)O)C(O)C1O. The smallest absolute Gasteiger partial charge is 0.387 e. The number of nitrogens with one attached hydrogen (secondary N) is 1. The van der Waals surface area contributed by atoms with E-state index in [2.05, 4.69) is 9.84 Å². The molecule has 196 valence electrons. The first kappa shape index (κ1) is 26.5. The Bertz CT molecular complexity index is 783. The van der Waals surface area contributed by atoms with Crippen LogP contribution in [0.5, 0.6) is 0 Å². The minimum Gasteiger partial charge on any atom is -0.387 e. The Morgan fingerprint density at radius 2 is 1.59 bits per heavy atom. The lowest BCUT2D eigenvalue weighted by molar-refractivity contribution is -0.152. The molecule has 2 saturated heterocycles. The van der Waals surface area contributed by atoms with Crippen molar-refractivity contribution < 1.29 is 38.9 Å². The van der Waals surface area contributed by atoms with Crippen molar-refractivity contribution in [3.63, 3.8) is 0 Å². The van der Waals surface area contributed by atoms with Gasteiger partial charge in [0.25, 0.3) is 0 Å². The predicted molar refractivity (Wildman–Crippen MR) is 123 cm³/mol. The van der Waals surface area contributed by atoms with Gasteiger partial charge < -0.3 is 40.5 Å². The highest BCUT2D eigenvalue weighted by Crippen LogP contribution is 2.57. The number of hydrogen-bond acceptors (Lipinski definition) is 9. The molecule has 4 rings (SSSR count). The van der Waals surface area contributed by atoms with E-state index in [0.717, 1.165) is 38.5 Å². The summed E-state index contributed by atoms with van der Waals surface area (Å²) in [4.78, 5) is 19.9. The second-order valence-electron chi connectivity index (χ2n) is 10.2. The van der Waals surface area contributed by atoms with Gasteiger partial charge in [-0.1, -0.05) is 63.9 Å². The summed E-state index contributed by atoms with van der Waals surface area (Å²) >= 11 is 0. The Morgan fingerprint density at radius 1 is 1.00 bits per heavy atom. The zero-order valence-corrected chi connectivity index (χ0v) is 20.4. The third-order valence-electron chi connectivity index (χ3n) is 8.31. The second kappa shape index (κ2) is 10.4. The maximum absolute atomic E-state index is 11.4. The minimum absolute atomic E-state index is 0.494. The third-order valence-corrected chi connectivity index (χ3v) is 8.80. The molecule has 11 nitrogen and oxygen atoms in total. The van der Waals surface area contributed by atoms with Crippen molar-refractivity contribution in [2.24, 2.45) is 11.1 Å². The molecule has 0 radical (unpaired) electrons. The van der Waals surface area contributed by atoms with Crippen LogP contribution in [0.15, 0.2) is 12.3 Å². The minimum atomic E-state index is -4.77. The number of nitrogens with two attached hydrogens (primary N) is 1. The topological polar surface area (TPSA) is 178 Å². The molecular weight excluding hydrogens is 465 g/mol. The summed E-state index contributed by atoms with van der Waals surface area (Å²) in [5.41, 5.74) is 5.13. The van der Waals surface area contributed by atoms with Crippen LogP contribution < -0.4 is 11.1 Å². The van der Waals surface area contributed by atoms with Gasteiger partial charge in [0.15, 0.2) is 6.23 Å². The molecule has 0 amide bonds. The zero-order chi connectivity index (χ0) is 24.6. The molecule has 1 aliphatic carbocycles. The summed E-state index contributed by atoms with van der Waals surface area (Å²) in [5, 5.41) is 35.9. The van der Waals surface area contributed by atoms with Crippen molar-refractivity contribution in [1.82, 2.24) is 10.2 Å². The first-order chi connectivity index (χ1) is 16.1. The van der Waals surface area contributed by atoms with Crippen molar-refractivity contribution in [1.29, 1.82) is 0 Å². The van der Waals surface area contributed by atoms with E-state index in [4.69, 9.17) is 20.3 Å². The molecule has 34 heavy (non-hydrogen) atoms. The van der Waals surface area contributed by atoms with E-state index in [-0.39, 0.29) is 0 Å². The lowest BCUT2D eigenvalue weighted by Gasteiger charge is -2.50. The van der Waals surface area contributed by atoms with Crippen LogP contribution >= 0.6 is 7.82 Å². The summed E-state index contributed by atoms with van der Waals surface area (Å²) in [5.74, 6) is 0. The fourth-order valence-corrected chi connectivity index (χ4v) is 6.88. The fraction of sp³-hybridized carbons (Fsp3) is 0.909. The van der Waals surface area contributed by atoms with Gasteiger partial charge in [-0.05, 0) is 19.0 Å². The average Bonchev–Trinajstić information content (AvgIpc) is 3.32. The molecule has 12 heteroatoms. The Hall–Kier alpha value is -0.590. The number of hydrogen-bond donors (Lipinski definition) is 7. The highest BCUT2D eigenvalue weighted by atomic mass is 31.2. The summed E-state index contributed by atoms with van der Waals surface area (Å²) < 4.78 is 21.6. The van der Waals surface area contributed by atoms with Gasteiger partial charge in [0.2, 0.25) is 0 Å². The monoisotopic (exact) mass is 505 g/mol. The van der Waals surface area contributed by atoms with Crippen LogP contribution in [0.3, 0.4) is 0 Å². The number of phosphoric ester groups is 1. The van der Waals surface area contributed by atoms with Gasteiger partial charge >= 0.3 is 7.82 Å². The van der Waals surface area contributed by atoms with Crippen molar-refractivity contribution in [2.75, 3.05) is 6.61 Å². The molecule has 3 aliphatic heterocycles. The van der Waals surface area contributed by atoms with Crippen molar-refractivity contribution in [3.05, 3.63) is 12.3 Å². The molecule has 3 fully saturated rings. The van der Waals surface area contributed by atoms with E-state index in [0.29, 0.717) is 6.42 Å². The van der Waals surface area contributed by atoms with Crippen LogP contribution in [0.1, 0.15) is 70.6 Å². The number of rotatable bonds is 4. The van der Waals surface area contributed by atoms with Gasteiger partial charge in [-0.3, -0.25) is 9.84 Å². The van der Waals surface area contributed by atoms with Crippen LogP contribution in [0.25, 0.3) is 0 Å². The summed E-state index contributed by atoms with van der Waals surface area (Å²) in [6.07, 6.45) is 8.65. The van der Waals surface area contributed by atoms with Crippen LogP contribution in [0.4, 0.5) is 0 Å². The van der Waals surface area contributed by atoms with Crippen LogP contribution in [0.2, 0.25) is 0 Å². The second-order valence-corrected chi connectivity index (χ2v) is 11.5. The van der Waals surface area contributed by atoms with Crippen LogP contribution in [-0.4, -0.2) is 79.1 Å².